The zero-order valence-corrected chi connectivity index (χ0v) is 11.3. The minimum absolute atomic E-state index is 0.0815. The van der Waals surface area contributed by atoms with Gasteiger partial charge in [0.2, 0.25) is 5.88 Å². The molecule has 1 N–H and O–H groups in total. The lowest BCUT2D eigenvalue weighted by Gasteiger charge is -2.22. The largest absolute Gasteiger partial charge is 0.481 e. The van der Waals surface area contributed by atoms with E-state index in [0.29, 0.717) is 11.4 Å². The van der Waals surface area contributed by atoms with Gasteiger partial charge in [0.15, 0.2) is 9.84 Å². The number of carboxylic acid groups (broad SMARTS) is 1. The first-order valence-electron chi connectivity index (χ1n) is 5.80. The van der Waals surface area contributed by atoms with Crippen LogP contribution in [0.1, 0.15) is 12.0 Å². The number of rotatable bonds is 4. The molecule has 7 heteroatoms. The molecule has 0 saturated carbocycles. The average molecular weight is 285 g/mol. The molecule has 1 fully saturated rings. The van der Waals surface area contributed by atoms with E-state index in [-0.39, 0.29) is 24.3 Å². The van der Waals surface area contributed by atoms with E-state index < -0.39 is 21.2 Å². The SMILES string of the molecule is COc1ncccc1CC1(C(=O)O)CCS(=O)(=O)C1. The van der Waals surface area contributed by atoms with Crippen LogP contribution in [0.15, 0.2) is 18.3 Å². The number of ether oxygens (including phenoxy) is 1. The van der Waals surface area contributed by atoms with E-state index >= 15 is 0 Å². The number of hydrogen-bond donors (Lipinski definition) is 1. The zero-order chi connectivity index (χ0) is 14.1. The van der Waals surface area contributed by atoms with Crippen molar-refractivity contribution in [2.75, 3.05) is 18.6 Å². The molecule has 1 saturated heterocycles. The Bertz CT molecular complexity index is 598. The lowest BCUT2D eigenvalue weighted by molar-refractivity contribution is -0.147. The molecule has 2 rings (SSSR count). The number of pyridine rings is 1. The van der Waals surface area contributed by atoms with E-state index in [1.807, 2.05) is 0 Å². The number of aromatic nitrogens is 1. The molecule has 2 heterocycles. The molecule has 0 aliphatic carbocycles. The van der Waals surface area contributed by atoms with Crippen molar-refractivity contribution in [3.8, 4) is 5.88 Å². The van der Waals surface area contributed by atoms with E-state index in [2.05, 4.69) is 4.98 Å². The molecule has 19 heavy (non-hydrogen) atoms. The normalized spacial score (nSPS) is 25.1. The fourth-order valence-electron chi connectivity index (χ4n) is 2.41. The van der Waals surface area contributed by atoms with Crippen LogP contribution >= 0.6 is 0 Å². The predicted octanol–water partition coefficient (Wildman–Crippen LogP) is 0.522. The number of hydrogen-bond acceptors (Lipinski definition) is 5. The van der Waals surface area contributed by atoms with Gasteiger partial charge in [0, 0.05) is 11.8 Å². The number of methoxy groups -OCH3 is 1. The Labute approximate surface area is 111 Å². The quantitative estimate of drug-likeness (QED) is 0.867. The molecule has 1 aromatic rings. The van der Waals surface area contributed by atoms with Gasteiger partial charge in [0.25, 0.3) is 0 Å². The van der Waals surface area contributed by atoms with Crippen molar-refractivity contribution in [2.45, 2.75) is 12.8 Å². The molecule has 0 bridgehead atoms. The number of carbonyl (C=O) groups is 1. The maximum absolute atomic E-state index is 11.6. The van der Waals surface area contributed by atoms with Gasteiger partial charge in [-0.15, -0.1) is 0 Å². The van der Waals surface area contributed by atoms with Gasteiger partial charge >= 0.3 is 5.97 Å². The van der Waals surface area contributed by atoms with Gasteiger partial charge in [-0.25, -0.2) is 13.4 Å². The maximum Gasteiger partial charge on any atom is 0.311 e. The maximum atomic E-state index is 11.6. The first-order chi connectivity index (χ1) is 8.88. The summed E-state index contributed by atoms with van der Waals surface area (Å²) in [7, 11) is -1.83. The third-order valence-corrected chi connectivity index (χ3v) is 5.23. The van der Waals surface area contributed by atoms with E-state index in [1.165, 1.54) is 7.11 Å². The fraction of sp³-hybridized carbons (Fsp3) is 0.500. The van der Waals surface area contributed by atoms with Crippen LogP contribution in [0, 0.1) is 5.41 Å². The summed E-state index contributed by atoms with van der Waals surface area (Å²) in [5.41, 5.74) is -0.653. The smallest absolute Gasteiger partial charge is 0.311 e. The second kappa shape index (κ2) is 4.80. The van der Waals surface area contributed by atoms with Crippen molar-refractivity contribution in [1.29, 1.82) is 0 Å². The summed E-state index contributed by atoms with van der Waals surface area (Å²) < 4.78 is 28.2. The molecule has 0 spiro atoms. The lowest BCUT2D eigenvalue weighted by Crippen LogP contribution is -2.34. The van der Waals surface area contributed by atoms with Crippen LogP contribution < -0.4 is 4.74 Å². The molecule has 104 valence electrons. The van der Waals surface area contributed by atoms with Crippen molar-refractivity contribution in [2.24, 2.45) is 5.41 Å². The third-order valence-electron chi connectivity index (χ3n) is 3.41. The highest BCUT2D eigenvalue weighted by atomic mass is 32.2. The minimum atomic E-state index is -3.28. The molecule has 1 aliphatic heterocycles. The van der Waals surface area contributed by atoms with Crippen molar-refractivity contribution in [3.63, 3.8) is 0 Å². The van der Waals surface area contributed by atoms with Crippen molar-refractivity contribution in [1.82, 2.24) is 4.98 Å². The highest BCUT2D eigenvalue weighted by Crippen LogP contribution is 2.37. The van der Waals surface area contributed by atoms with Crippen molar-refractivity contribution < 1.29 is 23.1 Å². The summed E-state index contributed by atoms with van der Waals surface area (Å²) >= 11 is 0. The molecule has 1 atom stereocenters. The van der Waals surface area contributed by atoms with Crippen LogP contribution in [-0.4, -0.2) is 43.1 Å². The number of carboxylic acids is 1. The first kappa shape index (κ1) is 13.8. The van der Waals surface area contributed by atoms with Crippen LogP contribution in [0.25, 0.3) is 0 Å². The van der Waals surface area contributed by atoms with Crippen LogP contribution in [0.3, 0.4) is 0 Å². The highest BCUT2D eigenvalue weighted by Gasteiger charge is 2.48. The zero-order valence-electron chi connectivity index (χ0n) is 10.5. The Morgan fingerprint density at radius 1 is 1.58 bits per heavy atom. The minimum Gasteiger partial charge on any atom is -0.481 e. The third kappa shape index (κ3) is 2.70. The van der Waals surface area contributed by atoms with Gasteiger partial charge in [0.1, 0.15) is 0 Å². The van der Waals surface area contributed by atoms with Crippen LogP contribution in [0.5, 0.6) is 5.88 Å². The number of nitrogens with zero attached hydrogens (tertiary/aromatic N) is 1. The first-order valence-corrected chi connectivity index (χ1v) is 7.62. The van der Waals surface area contributed by atoms with E-state index in [0.717, 1.165) is 0 Å². The molecular formula is C12H15NO5S. The topological polar surface area (TPSA) is 93.6 Å². The van der Waals surface area contributed by atoms with Crippen LogP contribution in [-0.2, 0) is 21.1 Å². The Morgan fingerprint density at radius 2 is 2.32 bits per heavy atom. The summed E-state index contributed by atoms with van der Waals surface area (Å²) in [6, 6.07) is 3.39. The lowest BCUT2D eigenvalue weighted by atomic mass is 9.81. The fourth-order valence-corrected chi connectivity index (χ4v) is 4.46. The molecule has 0 aromatic carbocycles. The van der Waals surface area contributed by atoms with Gasteiger partial charge in [-0.2, -0.15) is 0 Å². The molecular weight excluding hydrogens is 270 g/mol. The monoisotopic (exact) mass is 285 g/mol. The molecule has 0 radical (unpaired) electrons. The van der Waals surface area contributed by atoms with Crippen molar-refractivity contribution in [3.05, 3.63) is 23.9 Å². The second-order valence-corrected chi connectivity index (χ2v) is 6.96. The second-order valence-electron chi connectivity index (χ2n) is 4.78. The molecule has 1 aliphatic rings. The Balaban J connectivity index is 2.36. The standard InChI is InChI=1S/C12H15NO5S/c1-18-10-9(3-2-5-13-10)7-12(11(14)15)4-6-19(16,17)8-12/h2-3,5H,4,6-8H2,1H3,(H,14,15). The average Bonchev–Trinajstić information content (AvgIpc) is 2.67. The van der Waals surface area contributed by atoms with Gasteiger partial charge in [-0.3, -0.25) is 4.79 Å². The van der Waals surface area contributed by atoms with E-state index in [9.17, 15) is 18.3 Å². The Morgan fingerprint density at radius 3 is 2.84 bits per heavy atom. The van der Waals surface area contributed by atoms with Crippen LogP contribution in [0.2, 0.25) is 0 Å². The van der Waals surface area contributed by atoms with E-state index in [1.54, 1.807) is 18.3 Å². The van der Waals surface area contributed by atoms with Gasteiger partial charge in [0.05, 0.1) is 24.0 Å². The Hall–Kier alpha value is -1.63. The van der Waals surface area contributed by atoms with Crippen LogP contribution in [0.4, 0.5) is 0 Å². The number of sulfone groups is 1. The van der Waals surface area contributed by atoms with E-state index in [4.69, 9.17) is 4.74 Å². The summed E-state index contributed by atoms with van der Waals surface area (Å²) in [5, 5.41) is 9.40. The summed E-state index contributed by atoms with van der Waals surface area (Å²) in [4.78, 5) is 15.5. The predicted molar refractivity (Wildman–Crippen MR) is 67.8 cm³/mol. The molecule has 0 amide bonds. The highest BCUT2D eigenvalue weighted by molar-refractivity contribution is 7.91. The molecule has 6 nitrogen and oxygen atoms in total. The number of aliphatic carboxylic acids is 1. The molecule has 1 unspecified atom stereocenters. The van der Waals surface area contributed by atoms with Gasteiger partial charge in [-0.1, -0.05) is 6.07 Å². The van der Waals surface area contributed by atoms with Gasteiger partial charge in [-0.05, 0) is 18.9 Å². The Kier molecular flexibility index (Phi) is 3.49. The summed E-state index contributed by atoms with van der Waals surface area (Å²) in [6.07, 6.45) is 1.78. The van der Waals surface area contributed by atoms with Crippen molar-refractivity contribution >= 4 is 15.8 Å². The summed E-state index contributed by atoms with van der Waals surface area (Å²) in [6.45, 7) is 0. The van der Waals surface area contributed by atoms with Gasteiger partial charge < -0.3 is 9.84 Å². The summed E-state index contributed by atoms with van der Waals surface area (Å²) in [5.74, 6) is -1.15. The molecule has 1 aromatic heterocycles.